The van der Waals surface area contributed by atoms with E-state index in [1.807, 2.05) is 12.1 Å². The van der Waals surface area contributed by atoms with Crippen molar-refractivity contribution in [3.63, 3.8) is 0 Å². The van der Waals surface area contributed by atoms with Crippen molar-refractivity contribution in [2.24, 2.45) is 4.99 Å². The van der Waals surface area contributed by atoms with E-state index in [9.17, 15) is 4.79 Å². The van der Waals surface area contributed by atoms with Gasteiger partial charge in [0.1, 0.15) is 17.3 Å². The molecule has 0 spiro atoms. The lowest BCUT2D eigenvalue weighted by Gasteiger charge is -2.32. The highest BCUT2D eigenvalue weighted by Crippen LogP contribution is 2.40. The lowest BCUT2D eigenvalue weighted by molar-refractivity contribution is -0.116. The summed E-state index contributed by atoms with van der Waals surface area (Å²) in [4.78, 5) is 17.6. The molecule has 3 aromatic carbocycles. The van der Waals surface area contributed by atoms with Crippen molar-refractivity contribution in [2.75, 3.05) is 10.3 Å². The van der Waals surface area contributed by atoms with Crippen LogP contribution in [-0.2, 0) is 15.6 Å². The summed E-state index contributed by atoms with van der Waals surface area (Å²) in [7, 11) is 0. The molecule has 1 unspecified atom stereocenters. The molecule has 2 N–H and O–H groups in total. The topological polar surface area (TPSA) is 66.0 Å². The van der Waals surface area contributed by atoms with Gasteiger partial charge in [-0.3, -0.25) is 10.2 Å². The fraction of sp³-hybridized carbons (Fsp3) is 0.429. The molecule has 1 aliphatic rings. The normalized spacial score (nSPS) is 15.4. The van der Waals surface area contributed by atoms with Crippen LogP contribution < -0.4 is 20.5 Å². The molecule has 1 atom stereocenters. The summed E-state index contributed by atoms with van der Waals surface area (Å²) in [5.41, 5.74) is 7.15. The number of halogens is 4. The molecule has 3 aromatic rings. The molecule has 1 amide bonds. The van der Waals surface area contributed by atoms with Crippen LogP contribution in [0.5, 0.6) is 5.75 Å². The summed E-state index contributed by atoms with van der Waals surface area (Å²) < 4.78 is 6.71. The Hall–Kier alpha value is -2.64. The molecule has 1 heterocycles. The van der Waals surface area contributed by atoms with Crippen LogP contribution in [0, 0.1) is 0 Å². The van der Waals surface area contributed by atoms with Crippen LogP contribution in [0.25, 0.3) is 0 Å². The predicted octanol–water partition coefficient (Wildman–Crippen LogP) is 11.3. The number of rotatable bonds is 12. The Bertz CT molecular complexity index is 1560. The number of anilines is 2. The van der Waals surface area contributed by atoms with E-state index < -0.39 is 0 Å². The quantitative estimate of drug-likeness (QED) is 0.186. The number of benzene rings is 3. The van der Waals surface area contributed by atoms with E-state index in [-0.39, 0.29) is 39.4 Å². The van der Waals surface area contributed by atoms with Gasteiger partial charge in [0.15, 0.2) is 6.23 Å². The third-order valence-corrected chi connectivity index (χ3v) is 9.74. The summed E-state index contributed by atoms with van der Waals surface area (Å²) in [6, 6.07) is 15.2. The molecule has 0 bridgehead atoms. The van der Waals surface area contributed by atoms with Crippen LogP contribution in [0.4, 0.5) is 17.1 Å². The van der Waals surface area contributed by atoms with Crippen LogP contribution in [-0.4, -0.2) is 18.0 Å². The maximum atomic E-state index is 12.9. The zero-order valence-corrected chi connectivity index (χ0v) is 30.0. The number of carbonyl (C=O) groups excluding carboxylic acids is 1. The minimum absolute atomic E-state index is 0.0195. The second-order valence-corrected chi connectivity index (χ2v) is 14.3. The van der Waals surface area contributed by atoms with Crippen LogP contribution >= 0.6 is 46.4 Å². The average Bonchev–Trinajstić information content (AvgIpc) is 3.33. The molecule has 0 saturated carbocycles. The van der Waals surface area contributed by atoms with Crippen molar-refractivity contribution in [3.8, 4) is 5.75 Å². The van der Waals surface area contributed by atoms with Crippen molar-refractivity contribution in [1.82, 2.24) is 5.43 Å². The standard InChI is InChI=1S/C35H42Cl4N4O2/c1-8-11-31(45-29-15-12-21(34(4,5)9-2)16-24(29)35(6,7)10-3)40-23-13-14-25(37)28(19-23)41-30-20-32(44)43(42-30)33-26(38)17-22(36)18-27(33)39/h12-19,31,40H,8-11,20H2,1-7H3,(H,41,42). The monoisotopic (exact) mass is 690 g/mol. The third kappa shape index (κ3) is 8.21. The van der Waals surface area contributed by atoms with Gasteiger partial charge in [0.05, 0.1) is 27.2 Å². The molecule has 10 heteroatoms. The van der Waals surface area contributed by atoms with Gasteiger partial charge >= 0.3 is 0 Å². The number of ether oxygens (including phenoxy) is 1. The summed E-state index contributed by atoms with van der Waals surface area (Å²) in [5, 5.41) is 6.13. The van der Waals surface area contributed by atoms with Gasteiger partial charge in [0, 0.05) is 22.7 Å². The Morgan fingerprint density at radius 2 is 1.58 bits per heavy atom. The van der Waals surface area contributed by atoms with E-state index >= 15 is 0 Å². The Labute approximate surface area is 287 Å². The average molecular weight is 693 g/mol. The Kier molecular flexibility index (Phi) is 11.3. The van der Waals surface area contributed by atoms with E-state index in [1.165, 1.54) is 28.3 Å². The summed E-state index contributed by atoms with van der Waals surface area (Å²) in [5.74, 6) is 1.02. The van der Waals surface area contributed by atoms with Gasteiger partial charge in [-0.05, 0) is 65.6 Å². The number of carbonyl (C=O) groups is 1. The molecule has 4 rings (SSSR count). The van der Waals surface area contributed by atoms with E-state index in [4.69, 9.17) is 51.1 Å². The highest BCUT2D eigenvalue weighted by Gasteiger charge is 2.31. The zero-order chi connectivity index (χ0) is 33.1. The maximum Gasteiger partial charge on any atom is 0.253 e. The zero-order valence-electron chi connectivity index (χ0n) is 27.0. The fourth-order valence-electron chi connectivity index (χ4n) is 5.02. The van der Waals surface area contributed by atoms with Crippen molar-refractivity contribution in [3.05, 3.63) is 79.7 Å². The van der Waals surface area contributed by atoms with Crippen molar-refractivity contribution in [1.29, 1.82) is 0 Å². The number of hydrazine groups is 1. The number of hydrogen-bond donors (Lipinski definition) is 2. The number of aliphatic imine (C=N–C) groups is 1. The SMILES string of the molecule is CCCC(Nc1ccc(Cl)c(N=C2CC(=O)N(c3c(Cl)cc(Cl)cc3Cl)N2)c1)Oc1ccc(C(C)(C)CC)cc1C(C)(C)CC. The molecule has 1 saturated heterocycles. The Balaban J connectivity index is 1.59. The van der Waals surface area contributed by atoms with E-state index in [0.717, 1.165) is 37.1 Å². The molecule has 0 aromatic heterocycles. The van der Waals surface area contributed by atoms with Crippen molar-refractivity contribution < 1.29 is 9.53 Å². The summed E-state index contributed by atoms with van der Waals surface area (Å²) in [6.45, 7) is 15.7. The van der Waals surface area contributed by atoms with Gasteiger partial charge in [-0.15, -0.1) is 0 Å². The number of nitrogens with zero attached hydrogens (tertiary/aromatic N) is 2. The van der Waals surface area contributed by atoms with Gasteiger partial charge in [-0.2, -0.15) is 0 Å². The summed E-state index contributed by atoms with van der Waals surface area (Å²) in [6.07, 6.45) is 3.47. The van der Waals surface area contributed by atoms with Crippen molar-refractivity contribution >= 4 is 75.2 Å². The first-order valence-electron chi connectivity index (χ1n) is 15.4. The largest absolute Gasteiger partial charge is 0.470 e. The molecular weight excluding hydrogens is 650 g/mol. The van der Waals surface area contributed by atoms with Crippen LogP contribution in [0.1, 0.15) is 91.7 Å². The van der Waals surface area contributed by atoms with Gasteiger partial charge < -0.3 is 10.1 Å². The van der Waals surface area contributed by atoms with Gasteiger partial charge in [-0.25, -0.2) is 10.0 Å². The molecule has 1 fully saturated rings. The van der Waals surface area contributed by atoms with Gasteiger partial charge in [0.25, 0.3) is 5.91 Å². The lowest BCUT2D eigenvalue weighted by Crippen LogP contribution is -2.36. The predicted molar refractivity (Wildman–Crippen MR) is 191 cm³/mol. The first-order chi connectivity index (χ1) is 21.2. The second kappa shape index (κ2) is 14.4. The molecule has 45 heavy (non-hydrogen) atoms. The van der Waals surface area contributed by atoms with E-state index in [2.05, 4.69) is 82.4 Å². The summed E-state index contributed by atoms with van der Waals surface area (Å²) >= 11 is 25.3. The van der Waals surface area contributed by atoms with Crippen LogP contribution in [0.15, 0.2) is 53.5 Å². The Morgan fingerprint density at radius 1 is 0.911 bits per heavy atom. The van der Waals surface area contributed by atoms with Crippen LogP contribution in [0.3, 0.4) is 0 Å². The smallest absolute Gasteiger partial charge is 0.253 e. The maximum absolute atomic E-state index is 12.9. The fourth-order valence-corrected chi connectivity index (χ4v) is 6.16. The lowest BCUT2D eigenvalue weighted by atomic mass is 9.76. The minimum atomic E-state index is -0.288. The van der Waals surface area contributed by atoms with E-state index in [0.29, 0.717) is 27.3 Å². The highest BCUT2D eigenvalue weighted by atomic mass is 35.5. The first-order valence-corrected chi connectivity index (χ1v) is 16.9. The molecular formula is C35H42Cl4N4O2. The van der Waals surface area contributed by atoms with Gasteiger partial charge in [-0.1, -0.05) is 113 Å². The minimum Gasteiger partial charge on any atom is -0.470 e. The number of hydrogen-bond acceptors (Lipinski definition) is 4. The first kappa shape index (κ1) is 35.2. The van der Waals surface area contributed by atoms with Crippen molar-refractivity contribution in [2.45, 2.75) is 97.6 Å². The number of amides is 1. The molecule has 242 valence electrons. The Morgan fingerprint density at radius 3 is 2.20 bits per heavy atom. The second-order valence-electron chi connectivity index (χ2n) is 12.7. The number of amidine groups is 1. The molecule has 0 radical (unpaired) electrons. The molecule has 6 nitrogen and oxygen atoms in total. The van der Waals surface area contributed by atoms with E-state index in [1.54, 1.807) is 6.07 Å². The highest BCUT2D eigenvalue weighted by molar-refractivity contribution is 6.42. The van der Waals surface area contributed by atoms with Gasteiger partial charge in [0.2, 0.25) is 0 Å². The van der Waals surface area contributed by atoms with Crippen LogP contribution in [0.2, 0.25) is 20.1 Å². The third-order valence-electron chi connectivity index (χ3n) is 8.62. The molecule has 0 aliphatic carbocycles. The molecule has 1 aliphatic heterocycles. The number of nitrogens with one attached hydrogen (secondary N) is 2.